The Hall–Kier alpha value is -3.79. The van der Waals surface area contributed by atoms with Crippen LogP contribution in [-0.2, 0) is 5.41 Å². The van der Waals surface area contributed by atoms with Gasteiger partial charge in [0.15, 0.2) is 5.01 Å². The lowest BCUT2D eigenvalue weighted by Gasteiger charge is -2.42. The SMILES string of the molecule is CC(C)(C)CN1CCC2(CC1)CN(c1ccccc1Nc1nnc(-c3cnc4ccccc4n3)s1)c1c(O)ccc(Cl)c12. The predicted molar refractivity (Wildman–Crippen MR) is 175 cm³/mol. The zero-order valence-electron chi connectivity index (χ0n) is 24.5. The number of benzene rings is 3. The Balaban J connectivity index is 1.19. The number of para-hydroxylation sites is 4. The molecule has 0 atom stereocenters. The van der Waals surface area contributed by atoms with Gasteiger partial charge in [0.05, 0.1) is 34.3 Å². The van der Waals surface area contributed by atoms with E-state index in [2.05, 4.69) is 57.1 Å². The molecule has 0 bridgehead atoms. The number of hydrogen-bond acceptors (Lipinski definition) is 9. The van der Waals surface area contributed by atoms with Gasteiger partial charge in [-0.05, 0) is 67.7 Å². The third-order valence-corrected chi connectivity index (χ3v) is 9.58. The number of aromatic nitrogens is 4. The maximum atomic E-state index is 11.2. The second-order valence-electron chi connectivity index (χ2n) is 12.8. The van der Waals surface area contributed by atoms with Crippen molar-refractivity contribution in [1.29, 1.82) is 0 Å². The summed E-state index contributed by atoms with van der Waals surface area (Å²) < 4.78 is 0. The van der Waals surface area contributed by atoms with Gasteiger partial charge in [-0.2, -0.15) is 0 Å². The number of piperidine rings is 1. The van der Waals surface area contributed by atoms with Crippen LogP contribution in [0.25, 0.3) is 21.7 Å². The van der Waals surface area contributed by atoms with E-state index < -0.39 is 0 Å². The Morgan fingerprint density at radius 1 is 0.977 bits per heavy atom. The molecule has 1 fully saturated rings. The van der Waals surface area contributed by atoms with Crippen molar-refractivity contribution >= 4 is 56.2 Å². The van der Waals surface area contributed by atoms with Crippen LogP contribution in [0.2, 0.25) is 5.02 Å². The Labute approximate surface area is 260 Å². The monoisotopic (exact) mass is 611 g/mol. The smallest absolute Gasteiger partial charge is 0.210 e. The van der Waals surface area contributed by atoms with Gasteiger partial charge in [-0.1, -0.05) is 68.0 Å². The molecule has 1 spiro atoms. The molecule has 1 saturated heterocycles. The molecule has 2 aromatic heterocycles. The Morgan fingerprint density at radius 3 is 2.51 bits per heavy atom. The number of nitrogens with one attached hydrogen (secondary N) is 1. The molecule has 43 heavy (non-hydrogen) atoms. The highest BCUT2D eigenvalue weighted by Crippen LogP contribution is 2.56. The summed E-state index contributed by atoms with van der Waals surface area (Å²) in [6.07, 6.45) is 3.70. The third kappa shape index (κ3) is 5.30. The number of nitrogens with zero attached hydrogens (tertiary/aromatic N) is 6. The summed E-state index contributed by atoms with van der Waals surface area (Å²) in [6.45, 7) is 10.7. The highest BCUT2D eigenvalue weighted by Gasteiger charge is 2.48. The van der Waals surface area contributed by atoms with Gasteiger partial charge in [-0.15, -0.1) is 10.2 Å². The number of anilines is 4. The first kappa shape index (κ1) is 28.0. The molecule has 10 heteroatoms. The first-order valence-electron chi connectivity index (χ1n) is 14.6. The van der Waals surface area contributed by atoms with E-state index in [4.69, 9.17) is 16.6 Å². The lowest BCUT2D eigenvalue weighted by molar-refractivity contribution is 0.125. The fourth-order valence-electron chi connectivity index (χ4n) is 6.59. The lowest BCUT2D eigenvalue weighted by atomic mass is 9.74. The Bertz CT molecular complexity index is 1810. The summed E-state index contributed by atoms with van der Waals surface area (Å²) in [4.78, 5) is 14.1. The number of halogens is 1. The van der Waals surface area contributed by atoms with Gasteiger partial charge in [-0.25, -0.2) is 4.98 Å². The van der Waals surface area contributed by atoms with Crippen molar-refractivity contribution in [2.45, 2.75) is 39.0 Å². The van der Waals surface area contributed by atoms with Gasteiger partial charge < -0.3 is 20.2 Å². The number of rotatable bonds is 5. The molecule has 2 N–H and O–H groups in total. The van der Waals surface area contributed by atoms with Crippen LogP contribution in [0.3, 0.4) is 0 Å². The van der Waals surface area contributed by atoms with Gasteiger partial charge in [0.1, 0.15) is 11.4 Å². The number of aromatic hydroxyl groups is 1. The van der Waals surface area contributed by atoms with E-state index in [0.29, 0.717) is 15.8 Å². The average molecular weight is 612 g/mol. The van der Waals surface area contributed by atoms with E-state index >= 15 is 0 Å². The normalized spacial score (nSPS) is 16.6. The minimum Gasteiger partial charge on any atom is -0.506 e. The maximum absolute atomic E-state index is 11.2. The van der Waals surface area contributed by atoms with E-state index in [-0.39, 0.29) is 16.6 Å². The van der Waals surface area contributed by atoms with Gasteiger partial charge in [0.2, 0.25) is 5.13 Å². The Kier molecular flexibility index (Phi) is 6.99. The molecule has 0 amide bonds. The highest BCUT2D eigenvalue weighted by atomic mass is 35.5. The molecule has 4 heterocycles. The largest absolute Gasteiger partial charge is 0.506 e. The fourth-order valence-corrected chi connectivity index (χ4v) is 7.65. The number of fused-ring (bicyclic) bond motifs is 3. The van der Waals surface area contributed by atoms with Crippen molar-refractivity contribution in [2.75, 3.05) is 36.4 Å². The maximum Gasteiger partial charge on any atom is 0.210 e. The first-order valence-corrected chi connectivity index (χ1v) is 15.8. The van der Waals surface area contributed by atoms with Crippen LogP contribution < -0.4 is 10.2 Å². The third-order valence-electron chi connectivity index (χ3n) is 8.41. The van der Waals surface area contributed by atoms with Crippen molar-refractivity contribution in [3.8, 4) is 16.5 Å². The molecule has 2 aliphatic rings. The summed E-state index contributed by atoms with van der Waals surface area (Å²) in [5.41, 5.74) is 6.15. The zero-order valence-corrected chi connectivity index (χ0v) is 26.1. The second-order valence-corrected chi connectivity index (χ2v) is 14.2. The summed E-state index contributed by atoms with van der Waals surface area (Å²) in [5.74, 6) is 0.247. The summed E-state index contributed by atoms with van der Waals surface area (Å²) in [6, 6.07) is 19.5. The lowest BCUT2D eigenvalue weighted by Crippen LogP contribution is -2.46. The van der Waals surface area contributed by atoms with Crippen LogP contribution in [0.4, 0.5) is 22.2 Å². The van der Waals surface area contributed by atoms with Gasteiger partial charge in [0.25, 0.3) is 0 Å². The van der Waals surface area contributed by atoms with Crippen LogP contribution in [0.5, 0.6) is 5.75 Å². The topological polar surface area (TPSA) is 90.3 Å². The van der Waals surface area contributed by atoms with E-state index in [1.807, 2.05) is 48.5 Å². The molecule has 2 aliphatic heterocycles. The van der Waals surface area contributed by atoms with Crippen LogP contribution in [0.15, 0.2) is 66.9 Å². The molecule has 3 aromatic carbocycles. The number of phenols is 1. The van der Waals surface area contributed by atoms with Gasteiger partial charge >= 0.3 is 0 Å². The minimum absolute atomic E-state index is 0.142. The molecule has 0 aliphatic carbocycles. The number of hydrogen-bond donors (Lipinski definition) is 2. The molecule has 5 aromatic rings. The summed E-state index contributed by atoms with van der Waals surface area (Å²) in [5, 5.41) is 25.6. The molecule has 0 saturated carbocycles. The quantitative estimate of drug-likeness (QED) is 0.208. The average Bonchev–Trinajstić information content (AvgIpc) is 3.59. The second kappa shape index (κ2) is 10.7. The number of likely N-dealkylation sites (tertiary alicyclic amines) is 1. The highest BCUT2D eigenvalue weighted by molar-refractivity contribution is 7.18. The van der Waals surface area contributed by atoms with Crippen LogP contribution >= 0.6 is 22.9 Å². The van der Waals surface area contributed by atoms with Crippen LogP contribution in [0, 0.1) is 5.41 Å². The summed E-state index contributed by atoms with van der Waals surface area (Å²) >= 11 is 8.36. The van der Waals surface area contributed by atoms with Crippen molar-refractivity contribution in [2.24, 2.45) is 5.41 Å². The van der Waals surface area contributed by atoms with Crippen molar-refractivity contribution in [3.63, 3.8) is 0 Å². The van der Waals surface area contributed by atoms with Crippen LogP contribution in [-0.4, -0.2) is 56.4 Å². The van der Waals surface area contributed by atoms with Crippen molar-refractivity contribution < 1.29 is 5.11 Å². The zero-order chi connectivity index (χ0) is 29.8. The van der Waals surface area contributed by atoms with E-state index in [9.17, 15) is 5.11 Å². The predicted octanol–water partition coefficient (Wildman–Crippen LogP) is 7.78. The van der Waals surface area contributed by atoms with E-state index in [0.717, 1.165) is 77.7 Å². The standard InChI is InChI=1S/C33H34ClN7OS/c1-32(2,3)19-40-16-14-33(15-17-40)20-41(29-27(42)13-12-21(34)28(29)33)26-11-7-6-10-24(26)37-31-39-38-30(43-31)25-18-35-22-8-4-5-9-23(22)36-25/h4-13,18,42H,14-17,19-20H2,1-3H3,(H,37,39). The molecular weight excluding hydrogens is 578 g/mol. The van der Waals surface area contributed by atoms with Crippen LogP contribution in [0.1, 0.15) is 39.2 Å². The summed E-state index contributed by atoms with van der Waals surface area (Å²) in [7, 11) is 0. The van der Waals surface area contributed by atoms with E-state index in [1.54, 1.807) is 12.3 Å². The number of phenolic OH excluding ortho intramolecular Hbond substituents is 1. The van der Waals surface area contributed by atoms with Crippen molar-refractivity contribution in [3.05, 3.63) is 77.4 Å². The van der Waals surface area contributed by atoms with E-state index in [1.165, 1.54) is 11.3 Å². The minimum atomic E-state index is -0.142. The first-order chi connectivity index (χ1) is 20.7. The molecule has 7 rings (SSSR count). The molecule has 8 nitrogen and oxygen atoms in total. The van der Waals surface area contributed by atoms with Gasteiger partial charge in [-0.3, -0.25) is 4.98 Å². The molecule has 220 valence electrons. The molecule has 0 unspecified atom stereocenters. The fraction of sp³-hybridized carbons (Fsp3) is 0.333. The van der Waals surface area contributed by atoms with Gasteiger partial charge in [0, 0.05) is 29.1 Å². The van der Waals surface area contributed by atoms with Crippen molar-refractivity contribution in [1.82, 2.24) is 25.1 Å². The molecular formula is C33H34ClN7OS. The Morgan fingerprint density at radius 2 is 1.72 bits per heavy atom. The molecule has 0 radical (unpaired) electrons.